The summed E-state index contributed by atoms with van der Waals surface area (Å²) in [7, 11) is 0. The zero-order valence-electron chi connectivity index (χ0n) is 7.82. The lowest BCUT2D eigenvalue weighted by Crippen LogP contribution is -2.18. The Hall–Kier alpha value is 0.360. The summed E-state index contributed by atoms with van der Waals surface area (Å²) < 4.78 is 0.771. The smallest absolute Gasteiger partial charge is 0.131 e. The van der Waals surface area contributed by atoms with Gasteiger partial charge in [-0.2, -0.15) is 0 Å². The molecule has 15 heavy (non-hydrogen) atoms. The zero-order chi connectivity index (χ0) is 10.7. The quantitative estimate of drug-likeness (QED) is 0.756. The summed E-state index contributed by atoms with van der Waals surface area (Å²) in [5.41, 5.74) is 0. The summed E-state index contributed by atoms with van der Waals surface area (Å²) in [4.78, 5) is 5.64. The molecule has 1 aliphatic heterocycles. The van der Waals surface area contributed by atoms with Gasteiger partial charge >= 0.3 is 0 Å². The topological polar surface area (TPSA) is 12.4 Å². The largest absolute Gasteiger partial charge is 0.269 e. The third-order valence-corrected chi connectivity index (χ3v) is 6.25. The molecule has 1 atom stereocenters. The second kappa shape index (κ2) is 5.13. The van der Waals surface area contributed by atoms with E-state index in [4.69, 9.17) is 11.6 Å². The van der Waals surface area contributed by atoms with Crippen LogP contribution < -0.4 is 0 Å². The molecule has 0 N–H and O–H groups in total. The van der Waals surface area contributed by atoms with E-state index in [9.17, 15) is 0 Å². The Labute approximate surface area is 111 Å². The van der Waals surface area contributed by atoms with Crippen LogP contribution in [0.5, 0.6) is 0 Å². The number of hydrogen-bond donors (Lipinski definition) is 0. The molecule has 1 aromatic rings. The number of alkyl halides is 2. The van der Waals surface area contributed by atoms with Crippen LogP contribution in [0.2, 0.25) is 0 Å². The van der Waals surface area contributed by atoms with Crippen molar-refractivity contribution in [3.63, 3.8) is 0 Å². The molecule has 0 aromatic heterocycles. The molecule has 0 spiro atoms. The maximum Gasteiger partial charge on any atom is 0.131 e. The fourth-order valence-electron chi connectivity index (χ4n) is 1.12. The number of benzene rings is 1. The molecule has 0 fully saturated rings. The molecule has 0 radical (unpaired) electrons. The van der Waals surface area contributed by atoms with Gasteiger partial charge in [0.1, 0.15) is 8.58 Å². The summed E-state index contributed by atoms with van der Waals surface area (Å²) in [5, 5.41) is 0.759. The van der Waals surface area contributed by atoms with Gasteiger partial charge < -0.3 is 0 Å². The number of aliphatic imine (C=N–C) groups is 1. The number of rotatable bonds is 2. The van der Waals surface area contributed by atoms with Gasteiger partial charge in [0.25, 0.3) is 0 Å². The van der Waals surface area contributed by atoms with Gasteiger partial charge in [0, 0.05) is 10.2 Å². The lowest BCUT2D eigenvalue weighted by atomic mass is 10.4. The minimum atomic E-state index is -0.281. The van der Waals surface area contributed by atoms with E-state index in [1.165, 1.54) is 4.90 Å². The molecule has 1 heterocycles. The van der Waals surface area contributed by atoms with E-state index in [-0.39, 0.29) is 4.21 Å². The summed E-state index contributed by atoms with van der Waals surface area (Å²) in [6.07, 6.45) is 0. The van der Waals surface area contributed by atoms with Crippen molar-refractivity contribution in [2.75, 3.05) is 11.9 Å². The maximum atomic E-state index is 6.30. The first-order valence-corrected chi connectivity index (χ1v) is 7.56. The predicted octanol–water partition coefficient (Wildman–Crippen LogP) is 4.21. The predicted molar refractivity (Wildman–Crippen MR) is 74.6 cm³/mol. The highest BCUT2D eigenvalue weighted by molar-refractivity contribution is 9.09. The summed E-state index contributed by atoms with van der Waals surface area (Å²) in [6, 6.07) is 10.2. The number of halogens is 2. The summed E-state index contributed by atoms with van der Waals surface area (Å²) in [5.74, 6) is 0. The average Bonchev–Trinajstić information content (AvgIpc) is 2.63. The molecule has 1 unspecified atom stereocenters. The zero-order valence-corrected chi connectivity index (χ0v) is 11.8. The summed E-state index contributed by atoms with van der Waals surface area (Å²) in [6.45, 7) is 0.680. The van der Waals surface area contributed by atoms with Gasteiger partial charge in [0.05, 0.1) is 6.54 Å². The lowest BCUT2D eigenvalue weighted by molar-refractivity contribution is 0.920. The summed E-state index contributed by atoms with van der Waals surface area (Å²) >= 11 is 13.0. The molecule has 1 aliphatic rings. The molecular weight excluding hydrogens is 314 g/mol. The Morgan fingerprint density at radius 2 is 2.20 bits per heavy atom. The fraction of sp³-hybridized carbons (Fsp3) is 0.300. The number of thioether (sulfide) groups is 2. The van der Waals surface area contributed by atoms with E-state index in [1.54, 1.807) is 23.5 Å². The fourth-order valence-corrected chi connectivity index (χ4v) is 4.24. The monoisotopic (exact) mass is 321 g/mol. The van der Waals surface area contributed by atoms with Gasteiger partial charge in [-0.25, -0.2) is 0 Å². The highest BCUT2D eigenvalue weighted by atomic mass is 79.9. The van der Waals surface area contributed by atoms with Gasteiger partial charge in [-0.1, -0.05) is 57.7 Å². The Kier molecular flexibility index (Phi) is 4.04. The molecule has 0 saturated heterocycles. The van der Waals surface area contributed by atoms with Crippen LogP contribution in [-0.4, -0.2) is 20.5 Å². The lowest BCUT2D eigenvalue weighted by Gasteiger charge is -2.14. The Balaban J connectivity index is 1.99. The van der Waals surface area contributed by atoms with Crippen LogP contribution in [0.15, 0.2) is 40.2 Å². The van der Waals surface area contributed by atoms with E-state index < -0.39 is 0 Å². The van der Waals surface area contributed by atoms with E-state index in [0.29, 0.717) is 6.54 Å². The van der Waals surface area contributed by atoms with Gasteiger partial charge in [-0.05, 0) is 12.1 Å². The van der Waals surface area contributed by atoms with Crippen LogP contribution in [0.4, 0.5) is 0 Å². The highest BCUT2D eigenvalue weighted by Gasteiger charge is 2.34. The number of nitrogens with zero attached hydrogens (tertiary/aromatic N) is 1. The van der Waals surface area contributed by atoms with Crippen LogP contribution in [0.25, 0.3) is 0 Å². The molecule has 0 saturated carbocycles. The van der Waals surface area contributed by atoms with Crippen LogP contribution >= 0.6 is 51.1 Å². The standard InChI is InChI=1S/C10H9BrClNS2/c11-6-10(12)7-13-9(15-10)14-8-4-2-1-3-5-8/h1-5H,6-7H2. The van der Waals surface area contributed by atoms with Gasteiger partial charge in [0.2, 0.25) is 0 Å². The van der Waals surface area contributed by atoms with Crippen molar-refractivity contribution in [2.45, 2.75) is 9.10 Å². The van der Waals surface area contributed by atoms with E-state index in [2.05, 4.69) is 33.1 Å². The molecular formula is C10H9BrClNS2. The second-order valence-electron chi connectivity index (χ2n) is 3.12. The van der Waals surface area contributed by atoms with Crippen molar-refractivity contribution in [2.24, 2.45) is 4.99 Å². The molecule has 80 valence electrons. The van der Waals surface area contributed by atoms with Crippen LogP contribution in [0.3, 0.4) is 0 Å². The van der Waals surface area contributed by atoms with Crippen molar-refractivity contribution < 1.29 is 0 Å². The molecule has 5 heteroatoms. The first-order chi connectivity index (χ1) is 7.22. The number of hydrogen-bond acceptors (Lipinski definition) is 3. The van der Waals surface area contributed by atoms with Crippen LogP contribution in [0.1, 0.15) is 0 Å². The molecule has 0 aliphatic carbocycles. The van der Waals surface area contributed by atoms with Crippen LogP contribution in [0, 0.1) is 0 Å². The van der Waals surface area contributed by atoms with Gasteiger partial charge in [-0.15, -0.1) is 11.6 Å². The SMILES string of the molecule is ClC1(CBr)CN=C(Sc2ccccc2)S1. The average molecular weight is 323 g/mol. The van der Waals surface area contributed by atoms with E-state index in [1.807, 2.05) is 18.2 Å². The molecule has 0 bridgehead atoms. The Morgan fingerprint density at radius 1 is 1.47 bits per heavy atom. The second-order valence-corrected chi connectivity index (χ2v) is 7.32. The normalized spacial score (nSPS) is 25.3. The first kappa shape index (κ1) is 11.8. The van der Waals surface area contributed by atoms with Crippen molar-refractivity contribution in [3.05, 3.63) is 30.3 Å². The third kappa shape index (κ3) is 3.16. The van der Waals surface area contributed by atoms with Gasteiger partial charge in [-0.3, -0.25) is 4.99 Å². The third-order valence-electron chi connectivity index (χ3n) is 1.86. The first-order valence-electron chi connectivity index (χ1n) is 4.43. The molecule has 2 rings (SSSR count). The molecule has 1 aromatic carbocycles. The highest BCUT2D eigenvalue weighted by Crippen LogP contribution is 2.43. The van der Waals surface area contributed by atoms with Crippen LogP contribution in [-0.2, 0) is 0 Å². The van der Waals surface area contributed by atoms with Crippen molar-refractivity contribution >= 4 is 55.4 Å². The molecule has 1 nitrogen and oxygen atoms in total. The molecule has 0 amide bonds. The minimum absolute atomic E-state index is 0.281. The van der Waals surface area contributed by atoms with E-state index in [0.717, 1.165) is 9.71 Å². The maximum absolute atomic E-state index is 6.30. The van der Waals surface area contributed by atoms with Crippen molar-refractivity contribution in [1.82, 2.24) is 0 Å². The Morgan fingerprint density at radius 3 is 2.80 bits per heavy atom. The van der Waals surface area contributed by atoms with E-state index >= 15 is 0 Å². The Bertz CT molecular complexity index is 371. The van der Waals surface area contributed by atoms with Crippen molar-refractivity contribution in [1.29, 1.82) is 0 Å². The van der Waals surface area contributed by atoms with Gasteiger partial charge in [0.15, 0.2) is 0 Å². The minimum Gasteiger partial charge on any atom is -0.269 e. The van der Waals surface area contributed by atoms with Crippen molar-refractivity contribution in [3.8, 4) is 0 Å².